The van der Waals surface area contributed by atoms with Crippen molar-refractivity contribution in [3.05, 3.63) is 65.0 Å². The maximum absolute atomic E-state index is 13.2. The highest BCUT2D eigenvalue weighted by Crippen LogP contribution is 2.29. The van der Waals surface area contributed by atoms with Crippen LogP contribution in [0.25, 0.3) is 5.82 Å². The first-order valence-electron chi connectivity index (χ1n) is 11.9. The van der Waals surface area contributed by atoms with E-state index in [0.29, 0.717) is 47.9 Å². The van der Waals surface area contributed by atoms with Gasteiger partial charge in [-0.1, -0.05) is 18.2 Å². The van der Waals surface area contributed by atoms with E-state index in [0.717, 1.165) is 18.1 Å². The Balaban J connectivity index is 1.52. The number of anilines is 1. The molecule has 8 nitrogen and oxygen atoms in total. The number of nitrogens with zero attached hydrogens (tertiary/aromatic N) is 3. The molecule has 1 unspecified atom stereocenters. The molecule has 0 fully saturated rings. The number of nitrogens with one attached hydrogen (secondary N) is 2. The fraction of sp³-hybridized carbons (Fsp3) is 0.385. The Labute approximate surface area is 218 Å². The Bertz CT molecular complexity index is 1270. The van der Waals surface area contributed by atoms with E-state index in [1.54, 1.807) is 30.5 Å². The summed E-state index contributed by atoms with van der Waals surface area (Å²) in [6, 6.07) is 10.5. The van der Waals surface area contributed by atoms with Gasteiger partial charge in [-0.15, -0.1) is 0 Å². The molecule has 37 heavy (non-hydrogen) atoms. The van der Waals surface area contributed by atoms with Crippen molar-refractivity contribution in [2.45, 2.75) is 45.1 Å². The summed E-state index contributed by atoms with van der Waals surface area (Å²) in [6.45, 7) is 2.05. The first-order chi connectivity index (χ1) is 17.6. The first kappa shape index (κ1) is 26.6. The first-order valence-corrected chi connectivity index (χ1v) is 13.3. The number of thioether (sulfide) groups is 1. The minimum Gasteiger partial charge on any atom is -0.487 e. The smallest absolute Gasteiger partial charge is 0.278 e. The number of hydrogen-bond donors (Lipinski definition) is 2. The van der Waals surface area contributed by atoms with Crippen LogP contribution in [-0.2, 0) is 17.6 Å². The van der Waals surface area contributed by atoms with Crippen LogP contribution in [0.15, 0.2) is 42.6 Å². The fourth-order valence-corrected chi connectivity index (χ4v) is 4.40. The molecule has 11 heteroatoms. The number of carbonyl (C=O) groups excluding carboxylic acids is 2. The van der Waals surface area contributed by atoms with Crippen molar-refractivity contribution >= 4 is 29.4 Å². The average Bonchev–Trinajstić information content (AvgIpc) is 3.20. The molecule has 1 aromatic carbocycles. The quantitative estimate of drug-likeness (QED) is 0.409. The summed E-state index contributed by atoms with van der Waals surface area (Å²) in [5, 5.41) is 10.5. The van der Waals surface area contributed by atoms with Crippen molar-refractivity contribution in [1.82, 2.24) is 20.1 Å². The highest BCUT2D eigenvalue weighted by atomic mass is 32.2. The van der Waals surface area contributed by atoms with Crippen molar-refractivity contribution in [3.63, 3.8) is 0 Å². The van der Waals surface area contributed by atoms with E-state index < -0.39 is 12.5 Å². The Morgan fingerprint density at radius 2 is 2.14 bits per heavy atom. The summed E-state index contributed by atoms with van der Waals surface area (Å²) in [6.07, 6.45) is 5.22. The van der Waals surface area contributed by atoms with Crippen LogP contribution < -0.4 is 15.4 Å². The van der Waals surface area contributed by atoms with Gasteiger partial charge in [0.25, 0.3) is 11.8 Å². The van der Waals surface area contributed by atoms with Crippen molar-refractivity contribution in [1.29, 1.82) is 0 Å². The van der Waals surface area contributed by atoms with Crippen LogP contribution in [0.5, 0.6) is 5.75 Å². The van der Waals surface area contributed by atoms with Crippen LogP contribution in [0.4, 0.5) is 14.6 Å². The van der Waals surface area contributed by atoms with Gasteiger partial charge in [0.2, 0.25) is 5.91 Å². The summed E-state index contributed by atoms with van der Waals surface area (Å²) in [7, 11) is 0. The largest absolute Gasteiger partial charge is 0.487 e. The lowest BCUT2D eigenvalue weighted by atomic mass is 9.96. The van der Waals surface area contributed by atoms with Crippen LogP contribution in [0.2, 0.25) is 0 Å². The minimum atomic E-state index is -2.91. The van der Waals surface area contributed by atoms with E-state index in [-0.39, 0.29) is 23.6 Å². The van der Waals surface area contributed by atoms with E-state index in [1.165, 1.54) is 16.4 Å². The van der Waals surface area contributed by atoms with Gasteiger partial charge < -0.3 is 15.4 Å². The molecule has 1 atom stereocenters. The van der Waals surface area contributed by atoms with Crippen molar-refractivity contribution in [3.8, 4) is 11.6 Å². The summed E-state index contributed by atoms with van der Waals surface area (Å²) in [5.41, 5.74) is 2.81. The molecule has 2 aromatic heterocycles. The van der Waals surface area contributed by atoms with Gasteiger partial charge in [0.1, 0.15) is 11.3 Å². The molecule has 3 aromatic rings. The third kappa shape index (κ3) is 6.85. The number of amides is 2. The van der Waals surface area contributed by atoms with Crippen molar-refractivity contribution < 1.29 is 23.1 Å². The third-order valence-electron chi connectivity index (χ3n) is 5.78. The third-order valence-corrected chi connectivity index (χ3v) is 6.33. The molecule has 0 bridgehead atoms. The summed E-state index contributed by atoms with van der Waals surface area (Å²) < 4.78 is 33.0. The molecule has 4 rings (SSSR count). The number of halogens is 2. The number of aryl methyl sites for hydroxylation is 2. The van der Waals surface area contributed by atoms with E-state index in [4.69, 9.17) is 4.74 Å². The number of ether oxygens (including phenoxy) is 1. The number of benzene rings is 1. The second-order valence-corrected chi connectivity index (χ2v) is 10.0. The van der Waals surface area contributed by atoms with E-state index in [9.17, 15) is 18.4 Å². The van der Waals surface area contributed by atoms with Crippen LogP contribution in [-0.4, -0.2) is 57.2 Å². The van der Waals surface area contributed by atoms with Crippen molar-refractivity contribution in [2.75, 3.05) is 23.9 Å². The van der Waals surface area contributed by atoms with Gasteiger partial charge in [0, 0.05) is 25.6 Å². The number of aromatic nitrogens is 3. The van der Waals surface area contributed by atoms with E-state index in [2.05, 4.69) is 20.7 Å². The molecule has 196 valence electrons. The lowest BCUT2D eigenvalue weighted by Gasteiger charge is -2.23. The van der Waals surface area contributed by atoms with Gasteiger partial charge in [0.05, 0.1) is 11.4 Å². The molecule has 1 aliphatic heterocycles. The Hall–Kier alpha value is -3.47. The van der Waals surface area contributed by atoms with Crippen LogP contribution >= 0.6 is 11.8 Å². The predicted octanol–water partition coefficient (Wildman–Crippen LogP) is 4.20. The lowest BCUT2D eigenvalue weighted by molar-refractivity contribution is -0.113. The maximum atomic E-state index is 13.2. The van der Waals surface area contributed by atoms with Gasteiger partial charge in [-0.3, -0.25) is 9.59 Å². The number of alkyl halides is 2. The Morgan fingerprint density at radius 3 is 2.84 bits per heavy atom. The molecule has 0 spiro atoms. The molecule has 0 aliphatic carbocycles. The number of pyridine rings is 1. The number of carbonyl (C=O) groups is 2. The number of fused-ring (bicyclic) bond motifs is 1. The standard InChI is InChI=1S/C26H29F2N5O3S/c1-16-7-10-21(29-13-16)33-24(31-22(34)14-37-3)23-20(32-33)12-18(30-25(23)35)9-8-17-5-4-6-19(11-17)36-15-26(2,27)28/h4-7,10-11,13,18H,8-9,12,14-15H2,1-3H3,(H,30,35)(H,31,34). The van der Waals surface area contributed by atoms with Crippen molar-refractivity contribution in [2.24, 2.45) is 0 Å². The summed E-state index contributed by atoms with van der Waals surface area (Å²) in [5.74, 6) is -2.04. The predicted molar refractivity (Wildman–Crippen MR) is 139 cm³/mol. The monoisotopic (exact) mass is 529 g/mol. The Morgan fingerprint density at radius 1 is 1.32 bits per heavy atom. The highest BCUT2D eigenvalue weighted by Gasteiger charge is 2.33. The molecule has 1 aliphatic rings. The molecule has 3 heterocycles. The zero-order chi connectivity index (χ0) is 26.6. The zero-order valence-electron chi connectivity index (χ0n) is 20.9. The molecular formula is C26H29F2N5O3S. The number of rotatable bonds is 10. The van der Waals surface area contributed by atoms with Gasteiger partial charge in [-0.05, 0) is 55.3 Å². The van der Waals surface area contributed by atoms with Crippen LogP contribution in [0.3, 0.4) is 0 Å². The van der Waals surface area contributed by atoms with Crippen LogP contribution in [0, 0.1) is 6.92 Å². The average molecular weight is 530 g/mol. The zero-order valence-corrected chi connectivity index (χ0v) is 21.7. The molecular weight excluding hydrogens is 500 g/mol. The molecule has 0 radical (unpaired) electrons. The fourth-order valence-electron chi connectivity index (χ4n) is 4.07. The van der Waals surface area contributed by atoms with Gasteiger partial charge >= 0.3 is 0 Å². The minimum absolute atomic E-state index is 0.186. The normalized spacial score (nSPS) is 15.2. The Kier molecular flexibility index (Phi) is 8.11. The highest BCUT2D eigenvalue weighted by molar-refractivity contribution is 7.99. The summed E-state index contributed by atoms with van der Waals surface area (Å²) in [4.78, 5) is 30.0. The molecule has 0 saturated heterocycles. The van der Waals surface area contributed by atoms with Crippen LogP contribution in [0.1, 0.15) is 40.5 Å². The van der Waals surface area contributed by atoms with E-state index in [1.807, 2.05) is 25.3 Å². The van der Waals surface area contributed by atoms with Gasteiger partial charge in [-0.25, -0.2) is 13.8 Å². The number of hydrogen-bond acceptors (Lipinski definition) is 6. The summed E-state index contributed by atoms with van der Waals surface area (Å²) >= 11 is 1.38. The maximum Gasteiger partial charge on any atom is 0.278 e. The molecule has 0 saturated carbocycles. The van der Waals surface area contributed by atoms with E-state index >= 15 is 0 Å². The van der Waals surface area contributed by atoms with Gasteiger partial charge in [0.15, 0.2) is 18.2 Å². The second-order valence-electron chi connectivity index (χ2n) is 9.18. The topological polar surface area (TPSA) is 98.1 Å². The SMILES string of the molecule is CSCC(=O)Nc1c2c(nn1-c1ccc(C)cn1)CC(CCc1cccc(OCC(C)(F)F)c1)NC2=O. The van der Waals surface area contributed by atoms with Gasteiger partial charge in [-0.2, -0.15) is 21.5 Å². The molecule has 2 amide bonds. The lowest BCUT2D eigenvalue weighted by Crippen LogP contribution is -2.41. The molecule has 2 N–H and O–H groups in total. The second kappa shape index (κ2) is 11.3.